The van der Waals surface area contributed by atoms with Crippen molar-refractivity contribution in [3.05, 3.63) is 65.0 Å². The number of hydrogen-bond acceptors (Lipinski definition) is 4. The number of nitrogens with one attached hydrogen (secondary N) is 1. The first-order valence-corrected chi connectivity index (χ1v) is 8.87. The largest absolute Gasteiger partial charge is 0.345 e. The van der Waals surface area contributed by atoms with Gasteiger partial charge in [0.2, 0.25) is 5.91 Å². The van der Waals surface area contributed by atoms with E-state index >= 15 is 0 Å². The number of carbonyl (C=O) groups is 1. The minimum Gasteiger partial charge on any atom is -0.345 e. The van der Waals surface area contributed by atoms with Gasteiger partial charge in [0, 0.05) is 12.7 Å². The maximum Gasteiger partial charge on any atom is 0.329 e. The van der Waals surface area contributed by atoms with Gasteiger partial charge < -0.3 is 5.32 Å². The number of pyridine rings is 1. The lowest BCUT2D eigenvalue weighted by atomic mass is 10.3. The van der Waals surface area contributed by atoms with Gasteiger partial charge in [0.15, 0.2) is 11.5 Å². The molecular weight excluding hydrogens is 344 g/mol. The third-order valence-electron chi connectivity index (χ3n) is 4.65. The van der Waals surface area contributed by atoms with Crippen LogP contribution in [0.1, 0.15) is 25.7 Å². The second-order valence-corrected chi connectivity index (χ2v) is 6.38. The number of amides is 1. The third-order valence-corrected chi connectivity index (χ3v) is 4.65. The molecule has 4 aromatic rings. The molecule has 8 nitrogen and oxygen atoms in total. The van der Waals surface area contributed by atoms with Gasteiger partial charge in [-0.2, -0.15) is 0 Å². The zero-order chi connectivity index (χ0) is 19.0. The Labute approximate surface area is 155 Å². The van der Waals surface area contributed by atoms with Gasteiger partial charge in [0.1, 0.15) is 6.54 Å². The molecule has 3 heterocycles. The predicted octanol–water partition coefficient (Wildman–Crippen LogP) is 1.74. The van der Waals surface area contributed by atoms with Crippen molar-refractivity contribution in [1.82, 2.24) is 29.0 Å². The Kier molecular flexibility index (Phi) is 4.23. The molecule has 0 aliphatic carbocycles. The van der Waals surface area contributed by atoms with E-state index in [0.29, 0.717) is 12.4 Å². The number of aryl methyl sites for hydroxylation is 1. The van der Waals surface area contributed by atoms with Crippen LogP contribution in [0.2, 0.25) is 0 Å². The zero-order valence-electron chi connectivity index (χ0n) is 15.2. The Morgan fingerprint density at radius 1 is 1.07 bits per heavy atom. The van der Waals surface area contributed by atoms with Crippen molar-refractivity contribution in [1.29, 1.82) is 0 Å². The molecule has 3 aromatic heterocycles. The van der Waals surface area contributed by atoms with E-state index in [1.54, 1.807) is 4.57 Å². The van der Waals surface area contributed by atoms with Crippen molar-refractivity contribution in [2.24, 2.45) is 0 Å². The van der Waals surface area contributed by atoms with Crippen molar-refractivity contribution in [2.45, 2.75) is 33.0 Å². The van der Waals surface area contributed by atoms with Gasteiger partial charge in [-0.3, -0.25) is 18.3 Å². The van der Waals surface area contributed by atoms with Crippen LogP contribution >= 0.6 is 0 Å². The number of hydrogen-bond donors (Lipinski definition) is 1. The van der Waals surface area contributed by atoms with Gasteiger partial charge in [0.25, 0.3) is 0 Å². The molecule has 1 aromatic carbocycles. The summed E-state index contributed by atoms with van der Waals surface area (Å²) in [7, 11) is 0. The van der Waals surface area contributed by atoms with Crippen LogP contribution in [-0.2, 0) is 17.9 Å². The maximum absolute atomic E-state index is 12.7. The van der Waals surface area contributed by atoms with Crippen LogP contribution in [0.4, 0.5) is 0 Å². The van der Waals surface area contributed by atoms with Gasteiger partial charge in [-0.25, -0.2) is 4.79 Å². The van der Waals surface area contributed by atoms with E-state index in [1.807, 2.05) is 66.9 Å². The minimum absolute atomic E-state index is 0.0482. The van der Waals surface area contributed by atoms with E-state index in [0.717, 1.165) is 16.7 Å². The molecule has 1 unspecified atom stereocenters. The number of rotatable bonds is 5. The lowest BCUT2D eigenvalue weighted by Crippen LogP contribution is -2.34. The molecule has 0 saturated heterocycles. The molecule has 0 spiro atoms. The third kappa shape index (κ3) is 2.88. The zero-order valence-corrected chi connectivity index (χ0v) is 15.2. The first-order valence-electron chi connectivity index (χ1n) is 8.87. The Bertz CT molecular complexity index is 1190. The summed E-state index contributed by atoms with van der Waals surface area (Å²) in [6.45, 7) is 4.26. The molecule has 0 fully saturated rings. The monoisotopic (exact) mass is 364 g/mol. The van der Waals surface area contributed by atoms with E-state index in [9.17, 15) is 9.59 Å². The average Bonchev–Trinajstić information content (AvgIpc) is 3.21. The van der Waals surface area contributed by atoms with Crippen LogP contribution in [0.5, 0.6) is 0 Å². The van der Waals surface area contributed by atoms with Crippen molar-refractivity contribution in [3.8, 4) is 0 Å². The lowest BCUT2D eigenvalue weighted by molar-refractivity contribution is -0.122. The molecule has 4 rings (SSSR count). The lowest BCUT2D eigenvalue weighted by Gasteiger charge is -2.12. The summed E-state index contributed by atoms with van der Waals surface area (Å²) in [5.74, 6) is 0.388. The van der Waals surface area contributed by atoms with E-state index in [4.69, 9.17) is 0 Å². The highest BCUT2D eigenvalue weighted by molar-refractivity contribution is 5.81. The number of imidazole rings is 1. The fourth-order valence-corrected chi connectivity index (χ4v) is 3.38. The average molecular weight is 364 g/mol. The summed E-state index contributed by atoms with van der Waals surface area (Å²) >= 11 is 0. The normalized spacial score (nSPS) is 12.5. The number of para-hydroxylation sites is 2. The fraction of sp³-hybridized carbons (Fsp3) is 0.263. The number of nitrogens with zero attached hydrogens (tertiary/aromatic N) is 5. The molecule has 8 heteroatoms. The summed E-state index contributed by atoms with van der Waals surface area (Å²) in [5, 5.41) is 11.2. The summed E-state index contributed by atoms with van der Waals surface area (Å²) in [4.78, 5) is 25.3. The van der Waals surface area contributed by atoms with Crippen LogP contribution in [0.3, 0.4) is 0 Å². The van der Waals surface area contributed by atoms with E-state index in [2.05, 4.69) is 15.5 Å². The molecular formula is C19H20N6O2. The van der Waals surface area contributed by atoms with Crippen molar-refractivity contribution >= 4 is 22.6 Å². The highest BCUT2D eigenvalue weighted by Crippen LogP contribution is 2.14. The summed E-state index contributed by atoms with van der Waals surface area (Å²) in [5.41, 5.74) is 2.11. The molecule has 0 radical (unpaired) electrons. The first kappa shape index (κ1) is 17.0. The molecule has 0 saturated carbocycles. The van der Waals surface area contributed by atoms with E-state index < -0.39 is 0 Å². The maximum atomic E-state index is 12.7. The van der Waals surface area contributed by atoms with Crippen LogP contribution in [0, 0.1) is 0 Å². The van der Waals surface area contributed by atoms with Crippen molar-refractivity contribution in [3.63, 3.8) is 0 Å². The number of aromatic nitrogens is 5. The van der Waals surface area contributed by atoms with Gasteiger partial charge in [0.05, 0.1) is 17.1 Å². The molecule has 0 aliphatic rings. The van der Waals surface area contributed by atoms with E-state index in [1.165, 1.54) is 4.57 Å². The van der Waals surface area contributed by atoms with Gasteiger partial charge >= 0.3 is 5.69 Å². The highest BCUT2D eigenvalue weighted by Gasteiger charge is 2.18. The molecule has 138 valence electrons. The first-order chi connectivity index (χ1) is 13.1. The molecule has 0 bridgehead atoms. The van der Waals surface area contributed by atoms with Crippen molar-refractivity contribution in [2.75, 3.05) is 0 Å². The topological polar surface area (TPSA) is 86.2 Å². The van der Waals surface area contributed by atoms with E-state index in [-0.39, 0.29) is 24.2 Å². The molecule has 1 amide bonds. The highest BCUT2D eigenvalue weighted by atomic mass is 16.2. The predicted molar refractivity (Wildman–Crippen MR) is 101 cm³/mol. The molecule has 27 heavy (non-hydrogen) atoms. The molecule has 1 N–H and O–H groups in total. The Morgan fingerprint density at radius 3 is 2.52 bits per heavy atom. The van der Waals surface area contributed by atoms with Crippen LogP contribution in [-0.4, -0.2) is 29.6 Å². The van der Waals surface area contributed by atoms with Crippen LogP contribution < -0.4 is 11.0 Å². The Balaban J connectivity index is 1.59. The van der Waals surface area contributed by atoms with Gasteiger partial charge in [-0.05, 0) is 38.1 Å². The van der Waals surface area contributed by atoms with Gasteiger partial charge in [-0.1, -0.05) is 18.2 Å². The second-order valence-electron chi connectivity index (χ2n) is 6.38. The molecule has 0 aliphatic heterocycles. The number of benzene rings is 1. The SMILES string of the molecule is CCn1c(=O)n(CC(=O)NC(C)c2nnc3ccccn23)c2ccccc21. The number of carbonyl (C=O) groups excluding carboxylic acids is 1. The Morgan fingerprint density at radius 2 is 1.78 bits per heavy atom. The number of fused-ring (bicyclic) bond motifs is 2. The second kappa shape index (κ2) is 6.71. The summed E-state index contributed by atoms with van der Waals surface area (Å²) in [6, 6.07) is 12.8. The standard InChI is InChI=1S/C19H20N6O2/c1-3-23-14-8-4-5-9-15(14)25(19(23)27)12-17(26)20-13(2)18-22-21-16-10-6-7-11-24(16)18/h4-11,13H,3,12H2,1-2H3,(H,20,26). The van der Waals surface area contributed by atoms with Crippen molar-refractivity contribution < 1.29 is 4.79 Å². The summed E-state index contributed by atoms with van der Waals surface area (Å²) < 4.78 is 5.00. The van der Waals surface area contributed by atoms with Crippen LogP contribution in [0.25, 0.3) is 16.7 Å². The van der Waals surface area contributed by atoms with Crippen LogP contribution in [0.15, 0.2) is 53.5 Å². The smallest absolute Gasteiger partial charge is 0.329 e. The minimum atomic E-state index is -0.342. The van der Waals surface area contributed by atoms with Gasteiger partial charge in [-0.15, -0.1) is 10.2 Å². The molecule has 1 atom stereocenters. The summed E-state index contributed by atoms with van der Waals surface area (Å²) in [6.07, 6.45) is 1.85. The quantitative estimate of drug-likeness (QED) is 0.584. The Hall–Kier alpha value is -3.42. The fourth-order valence-electron chi connectivity index (χ4n) is 3.38.